The van der Waals surface area contributed by atoms with E-state index in [9.17, 15) is 8.42 Å². The van der Waals surface area contributed by atoms with E-state index in [0.29, 0.717) is 24.6 Å². The SMILES string of the molecule is COc1ccc(S(=O)(=O)N(C)CC2CCCCO2)cc1N. The quantitative estimate of drug-likeness (QED) is 0.832. The van der Waals surface area contributed by atoms with Crippen LogP contribution in [0.3, 0.4) is 0 Å². The number of methoxy groups -OCH3 is 1. The van der Waals surface area contributed by atoms with Crippen molar-refractivity contribution in [2.24, 2.45) is 0 Å². The normalized spacial score (nSPS) is 19.7. The Morgan fingerprint density at radius 3 is 2.76 bits per heavy atom. The van der Waals surface area contributed by atoms with Gasteiger partial charge in [0.25, 0.3) is 0 Å². The number of nitrogen functional groups attached to an aromatic ring is 1. The first-order chi connectivity index (χ1) is 9.95. The minimum Gasteiger partial charge on any atom is -0.495 e. The molecule has 0 bridgehead atoms. The Kier molecular flexibility index (Phi) is 5.08. The van der Waals surface area contributed by atoms with E-state index < -0.39 is 10.0 Å². The molecule has 0 saturated carbocycles. The Balaban J connectivity index is 2.14. The molecule has 1 heterocycles. The average molecular weight is 314 g/mol. The molecule has 1 saturated heterocycles. The highest BCUT2D eigenvalue weighted by Crippen LogP contribution is 2.26. The van der Waals surface area contributed by atoms with Crippen LogP contribution in [-0.4, -0.2) is 46.1 Å². The van der Waals surface area contributed by atoms with Gasteiger partial charge in [0.15, 0.2) is 0 Å². The van der Waals surface area contributed by atoms with Gasteiger partial charge < -0.3 is 15.2 Å². The number of nitrogens with zero attached hydrogens (tertiary/aromatic N) is 1. The third-order valence-electron chi connectivity index (χ3n) is 3.64. The number of benzene rings is 1. The van der Waals surface area contributed by atoms with Gasteiger partial charge in [-0.1, -0.05) is 0 Å². The van der Waals surface area contributed by atoms with Crippen molar-refractivity contribution in [2.45, 2.75) is 30.3 Å². The third-order valence-corrected chi connectivity index (χ3v) is 5.46. The van der Waals surface area contributed by atoms with Crippen molar-refractivity contribution < 1.29 is 17.9 Å². The molecule has 1 atom stereocenters. The molecule has 0 aromatic heterocycles. The van der Waals surface area contributed by atoms with Gasteiger partial charge in [-0.05, 0) is 37.5 Å². The Bertz CT molecular complexity index is 583. The molecule has 0 amide bonds. The second-order valence-corrected chi connectivity index (χ2v) is 7.22. The minimum atomic E-state index is -3.57. The van der Waals surface area contributed by atoms with Crippen molar-refractivity contribution in [3.05, 3.63) is 18.2 Å². The molecule has 2 N–H and O–H groups in total. The van der Waals surface area contributed by atoms with Gasteiger partial charge in [0.05, 0.1) is 23.8 Å². The van der Waals surface area contributed by atoms with E-state index in [1.165, 1.54) is 23.5 Å². The average Bonchev–Trinajstić information content (AvgIpc) is 2.48. The zero-order valence-electron chi connectivity index (χ0n) is 12.4. The monoisotopic (exact) mass is 314 g/mol. The summed E-state index contributed by atoms with van der Waals surface area (Å²) in [5.74, 6) is 0.465. The van der Waals surface area contributed by atoms with Gasteiger partial charge in [-0.2, -0.15) is 4.31 Å². The highest BCUT2D eigenvalue weighted by Gasteiger charge is 2.25. The number of hydrogen-bond donors (Lipinski definition) is 1. The Morgan fingerprint density at radius 2 is 2.19 bits per heavy atom. The number of nitrogens with two attached hydrogens (primary N) is 1. The van der Waals surface area contributed by atoms with Crippen LogP contribution in [0.5, 0.6) is 5.75 Å². The van der Waals surface area contributed by atoms with Crippen LogP contribution in [0.4, 0.5) is 5.69 Å². The molecule has 1 aliphatic rings. The van der Waals surface area contributed by atoms with Crippen molar-refractivity contribution in [1.82, 2.24) is 4.31 Å². The Hall–Kier alpha value is -1.31. The molecule has 1 fully saturated rings. The number of rotatable bonds is 5. The maximum atomic E-state index is 12.5. The molecule has 0 aliphatic carbocycles. The number of ether oxygens (including phenoxy) is 2. The lowest BCUT2D eigenvalue weighted by molar-refractivity contribution is 0.00858. The molecule has 6 nitrogen and oxygen atoms in total. The van der Waals surface area contributed by atoms with Crippen molar-refractivity contribution >= 4 is 15.7 Å². The van der Waals surface area contributed by atoms with Gasteiger partial charge in [0.1, 0.15) is 5.75 Å². The number of anilines is 1. The van der Waals surface area contributed by atoms with E-state index in [0.717, 1.165) is 19.3 Å². The Morgan fingerprint density at radius 1 is 1.43 bits per heavy atom. The van der Waals surface area contributed by atoms with Crippen LogP contribution in [0.15, 0.2) is 23.1 Å². The molecule has 1 aliphatic heterocycles. The molecule has 0 radical (unpaired) electrons. The first-order valence-electron chi connectivity index (χ1n) is 6.96. The standard InChI is InChI=1S/C14H22N2O4S/c1-16(10-11-5-3-4-8-20-11)21(17,18)12-6-7-14(19-2)13(15)9-12/h6-7,9,11H,3-5,8,10,15H2,1-2H3. The molecule has 1 aromatic rings. The third kappa shape index (κ3) is 3.66. The maximum absolute atomic E-state index is 12.5. The van der Waals surface area contributed by atoms with E-state index >= 15 is 0 Å². The lowest BCUT2D eigenvalue weighted by Gasteiger charge is -2.27. The number of hydrogen-bond acceptors (Lipinski definition) is 5. The summed E-state index contributed by atoms with van der Waals surface area (Å²) in [5.41, 5.74) is 6.09. The summed E-state index contributed by atoms with van der Waals surface area (Å²) in [6.45, 7) is 1.06. The van der Waals surface area contributed by atoms with Crippen LogP contribution in [0.2, 0.25) is 0 Å². The molecule has 118 valence electrons. The van der Waals surface area contributed by atoms with Crippen LogP contribution in [0.25, 0.3) is 0 Å². The van der Waals surface area contributed by atoms with E-state index in [-0.39, 0.29) is 11.0 Å². The summed E-state index contributed by atoms with van der Waals surface area (Å²) in [4.78, 5) is 0.166. The van der Waals surface area contributed by atoms with Gasteiger partial charge in [-0.25, -0.2) is 8.42 Å². The van der Waals surface area contributed by atoms with Crippen molar-refractivity contribution in [3.8, 4) is 5.75 Å². The van der Waals surface area contributed by atoms with Crippen molar-refractivity contribution in [2.75, 3.05) is 33.0 Å². The highest BCUT2D eigenvalue weighted by atomic mass is 32.2. The van der Waals surface area contributed by atoms with Crippen LogP contribution < -0.4 is 10.5 Å². The largest absolute Gasteiger partial charge is 0.495 e. The summed E-state index contributed by atoms with van der Waals surface area (Å²) in [5, 5.41) is 0. The maximum Gasteiger partial charge on any atom is 0.242 e. The zero-order chi connectivity index (χ0) is 15.5. The van der Waals surface area contributed by atoms with Crippen molar-refractivity contribution in [1.29, 1.82) is 0 Å². The summed E-state index contributed by atoms with van der Waals surface area (Å²) in [6, 6.07) is 4.49. The van der Waals surface area contributed by atoms with Crippen LogP contribution in [-0.2, 0) is 14.8 Å². The molecule has 7 heteroatoms. The lowest BCUT2D eigenvalue weighted by atomic mass is 10.1. The summed E-state index contributed by atoms with van der Waals surface area (Å²) in [6.07, 6.45) is 2.98. The van der Waals surface area contributed by atoms with Crippen LogP contribution in [0.1, 0.15) is 19.3 Å². The molecular formula is C14H22N2O4S. The predicted molar refractivity (Wildman–Crippen MR) is 80.8 cm³/mol. The van der Waals surface area contributed by atoms with E-state index in [4.69, 9.17) is 15.2 Å². The fourth-order valence-electron chi connectivity index (χ4n) is 2.39. The number of likely N-dealkylation sites (N-methyl/N-ethyl adjacent to an activating group) is 1. The molecular weight excluding hydrogens is 292 g/mol. The fourth-order valence-corrected chi connectivity index (χ4v) is 3.63. The zero-order valence-corrected chi connectivity index (χ0v) is 13.2. The van der Waals surface area contributed by atoms with Gasteiger partial charge in [0.2, 0.25) is 10.0 Å². The molecule has 1 aromatic carbocycles. The van der Waals surface area contributed by atoms with Crippen molar-refractivity contribution in [3.63, 3.8) is 0 Å². The summed E-state index contributed by atoms with van der Waals surface area (Å²) < 4.78 is 37.0. The fraction of sp³-hybridized carbons (Fsp3) is 0.571. The minimum absolute atomic E-state index is 0.0332. The van der Waals surface area contributed by atoms with Gasteiger partial charge >= 0.3 is 0 Å². The molecule has 2 rings (SSSR count). The van der Waals surface area contributed by atoms with Gasteiger partial charge in [-0.3, -0.25) is 0 Å². The second kappa shape index (κ2) is 6.64. The molecule has 21 heavy (non-hydrogen) atoms. The van der Waals surface area contributed by atoms with E-state index in [2.05, 4.69) is 0 Å². The number of sulfonamides is 1. The van der Waals surface area contributed by atoms with E-state index in [1.807, 2.05) is 0 Å². The smallest absolute Gasteiger partial charge is 0.242 e. The lowest BCUT2D eigenvalue weighted by Crippen LogP contribution is -2.37. The highest BCUT2D eigenvalue weighted by molar-refractivity contribution is 7.89. The van der Waals surface area contributed by atoms with Gasteiger partial charge in [-0.15, -0.1) is 0 Å². The molecule has 1 unspecified atom stereocenters. The van der Waals surface area contributed by atoms with Crippen LogP contribution in [0, 0.1) is 0 Å². The first kappa shape index (κ1) is 16.1. The van der Waals surface area contributed by atoms with Gasteiger partial charge in [0, 0.05) is 20.2 Å². The van der Waals surface area contributed by atoms with E-state index in [1.54, 1.807) is 13.1 Å². The first-order valence-corrected chi connectivity index (χ1v) is 8.40. The molecule has 0 spiro atoms. The predicted octanol–water partition coefficient (Wildman–Crippen LogP) is 1.47. The summed E-state index contributed by atoms with van der Waals surface area (Å²) in [7, 11) is -0.512. The second-order valence-electron chi connectivity index (χ2n) is 5.18. The summed E-state index contributed by atoms with van der Waals surface area (Å²) >= 11 is 0. The topological polar surface area (TPSA) is 81.9 Å². The van der Waals surface area contributed by atoms with Crippen LogP contribution >= 0.6 is 0 Å². The Labute approximate surface area is 125 Å².